The van der Waals surface area contributed by atoms with Crippen LogP contribution in [0.5, 0.6) is 0 Å². The number of piperazine rings is 1. The number of fused-ring (bicyclic) bond motifs is 1. The molecule has 3 aliphatic heterocycles. The van der Waals surface area contributed by atoms with Crippen molar-refractivity contribution in [2.24, 2.45) is 11.8 Å². The number of likely N-dealkylation sites (tertiary alicyclic amines) is 1. The van der Waals surface area contributed by atoms with Gasteiger partial charge in [0.1, 0.15) is 5.82 Å². The van der Waals surface area contributed by atoms with Crippen LogP contribution in [0.15, 0.2) is 54.6 Å². The Bertz CT molecular complexity index is 1070. The van der Waals surface area contributed by atoms with Crippen LogP contribution in [-0.4, -0.2) is 84.8 Å². The SMILES string of the molecule is CN1CC(C(=O)N2CCN(C(=O)c3ccc(F)cc3)CC2)C2NN(c3ccccc3)C(=O)C2C1. The van der Waals surface area contributed by atoms with Crippen molar-refractivity contribution in [3.63, 3.8) is 0 Å². The van der Waals surface area contributed by atoms with Crippen molar-refractivity contribution in [3.8, 4) is 0 Å². The zero-order valence-electron chi connectivity index (χ0n) is 19.1. The lowest BCUT2D eigenvalue weighted by molar-refractivity contribution is -0.140. The smallest absolute Gasteiger partial charge is 0.253 e. The predicted octanol–water partition coefficient (Wildman–Crippen LogP) is 1.21. The van der Waals surface area contributed by atoms with E-state index in [1.165, 1.54) is 24.3 Å². The summed E-state index contributed by atoms with van der Waals surface area (Å²) < 4.78 is 13.2. The molecule has 0 aromatic heterocycles. The standard InChI is InChI=1S/C25H28FN5O3/c1-28-15-20(22-21(16-28)25(34)31(27-22)19-5-3-2-4-6-19)24(33)30-13-11-29(12-14-30)23(32)17-7-9-18(26)10-8-17/h2-10,20-22,27H,11-16H2,1H3. The number of hydrogen-bond acceptors (Lipinski definition) is 5. The molecule has 3 aliphatic rings. The number of nitrogens with one attached hydrogen (secondary N) is 1. The first-order valence-corrected chi connectivity index (χ1v) is 11.6. The molecule has 5 rings (SSSR count). The number of halogens is 1. The third-order valence-electron chi connectivity index (χ3n) is 7.00. The summed E-state index contributed by atoms with van der Waals surface area (Å²) in [4.78, 5) is 45.0. The van der Waals surface area contributed by atoms with Gasteiger partial charge in [0.25, 0.3) is 5.91 Å². The molecule has 34 heavy (non-hydrogen) atoms. The molecule has 1 N–H and O–H groups in total. The van der Waals surface area contributed by atoms with Crippen LogP contribution in [0.3, 0.4) is 0 Å². The van der Waals surface area contributed by atoms with Crippen molar-refractivity contribution in [1.29, 1.82) is 0 Å². The molecule has 178 valence electrons. The molecule has 2 aromatic carbocycles. The van der Waals surface area contributed by atoms with E-state index in [1.54, 1.807) is 14.8 Å². The Labute approximate surface area is 197 Å². The Hall–Kier alpha value is -3.30. The van der Waals surface area contributed by atoms with E-state index in [1.807, 2.05) is 42.3 Å². The third kappa shape index (κ3) is 4.17. The van der Waals surface area contributed by atoms with Crippen LogP contribution >= 0.6 is 0 Å². The molecule has 9 heteroatoms. The lowest BCUT2D eigenvalue weighted by atomic mass is 9.84. The minimum absolute atomic E-state index is 0.00522. The second kappa shape index (κ2) is 9.15. The van der Waals surface area contributed by atoms with Gasteiger partial charge in [-0.25, -0.2) is 14.8 Å². The van der Waals surface area contributed by atoms with E-state index in [2.05, 4.69) is 5.43 Å². The highest BCUT2D eigenvalue weighted by atomic mass is 19.1. The van der Waals surface area contributed by atoms with Crippen LogP contribution in [-0.2, 0) is 9.59 Å². The maximum atomic E-state index is 13.6. The maximum Gasteiger partial charge on any atom is 0.253 e. The zero-order chi connectivity index (χ0) is 23.8. The lowest BCUT2D eigenvalue weighted by Crippen LogP contribution is -2.59. The van der Waals surface area contributed by atoms with E-state index >= 15 is 0 Å². The normalized spacial score (nSPS) is 25.4. The van der Waals surface area contributed by atoms with Crippen LogP contribution < -0.4 is 10.4 Å². The monoisotopic (exact) mass is 465 g/mol. The van der Waals surface area contributed by atoms with Crippen molar-refractivity contribution < 1.29 is 18.8 Å². The lowest BCUT2D eigenvalue weighted by Gasteiger charge is -2.41. The van der Waals surface area contributed by atoms with Gasteiger partial charge < -0.3 is 14.7 Å². The summed E-state index contributed by atoms with van der Waals surface area (Å²) in [6.45, 7) is 2.86. The average molecular weight is 466 g/mol. The second-order valence-electron chi connectivity index (χ2n) is 9.22. The quantitative estimate of drug-likeness (QED) is 0.738. The fraction of sp³-hybridized carbons (Fsp3) is 0.400. The largest absolute Gasteiger partial charge is 0.339 e. The number of nitrogens with zero attached hydrogens (tertiary/aromatic N) is 4. The number of para-hydroxylation sites is 1. The average Bonchev–Trinajstić information content (AvgIpc) is 3.20. The fourth-order valence-corrected chi connectivity index (χ4v) is 5.19. The van der Waals surface area contributed by atoms with Crippen LogP contribution in [0.2, 0.25) is 0 Å². The number of hydrogen-bond donors (Lipinski definition) is 1. The van der Waals surface area contributed by atoms with Gasteiger partial charge in [-0.15, -0.1) is 0 Å². The molecule has 0 radical (unpaired) electrons. The molecule has 3 saturated heterocycles. The Balaban J connectivity index is 1.26. The molecule has 0 aliphatic carbocycles. The summed E-state index contributed by atoms with van der Waals surface area (Å²) in [5.74, 6) is -1.21. The highest BCUT2D eigenvalue weighted by Gasteiger charge is 2.51. The first-order valence-electron chi connectivity index (χ1n) is 11.6. The molecular formula is C25H28FN5O3. The number of benzene rings is 2. The number of rotatable bonds is 3. The molecule has 3 unspecified atom stereocenters. The summed E-state index contributed by atoms with van der Waals surface area (Å²) in [7, 11) is 1.94. The molecule has 8 nitrogen and oxygen atoms in total. The second-order valence-corrected chi connectivity index (χ2v) is 9.22. The summed E-state index contributed by atoms with van der Waals surface area (Å²) in [5, 5.41) is 1.58. The van der Waals surface area contributed by atoms with Crippen LogP contribution in [0, 0.1) is 17.7 Å². The summed E-state index contributed by atoms with van der Waals surface area (Å²) in [6, 6.07) is 14.7. The van der Waals surface area contributed by atoms with Gasteiger partial charge >= 0.3 is 0 Å². The van der Waals surface area contributed by atoms with E-state index in [-0.39, 0.29) is 41.4 Å². The Morgan fingerprint density at radius 1 is 0.912 bits per heavy atom. The van der Waals surface area contributed by atoms with Gasteiger partial charge in [0.05, 0.1) is 23.6 Å². The van der Waals surface area contributed by atoms with Gasteiger partial charge in [-0.3, -0.25) is 14.4 Å². The first kappa shape index (κ1) is 22.5. The number of piperidine rings is 1. The number of anilines is 1. The molecule has 0 spiro atoms. The van der Waals surface area contributed by atoms with E-state index in [9.17, 15) is 18.8 Å². The van der Waals surface area contributed by atoms with Crippen LogP contribution in [0.1, 0.15) is 10.4 Å². The zero-order valence-corrected chi connectivity index (χ0v) is 19.1. The topological polar surface area (TPSA) is 76.2 Å². The predicted molar refractivity (Wildman–Crippen MR) is 124 cm³/mol. The maximum absolute atomic E-state index is 13.6. The molecule has 3 amide bonds. The Kier molecular flexibility index (Phi) is 6.05. The molecule has 0 saturated carbocycles. The molecule has 3 heterocycles. The van der Waals surface area contributed by atoms with Gasteiger partial charge in [-0.2, -0.15) is 0 Å². The van der Waals surface area contributed by atoms with E-state index in [0.29, 0.717) is 44.8 Å². The van der Waals surface area contributed by atoms with Crippen molar-refractivity contribution >= 4 is 23.4 Å². The molecule has 3 fully saturated rings. The highest BCUT2D eigenvalue weighted by molar-refractivity contribution is 5.98. The van der Waals surface area contributed by atoms with Gasteiger partial charge in [-0.05, 0) is 43.4 Å². The molecular weight excluding hydrogens is 437 g/mol. The summed E-state index contributed by atoms with van der Waals surface area (Å²) in [5.41, 5.74) is 4.52. The first-order chi connectivity index (χ1) is 16.4. The number of amides is 3. The summed E-state index contributed by atoms with van der Waals surface area (Å²) in [6.07, 6.45) is 0. The fourth-order valence-electron chi connectivity index (χ4n) is 5.19. The van der Waals surface area contributed by atoms with E-state index < -0.39 is 0 Å². The van der Waals surface area contributed by atoms with Gasteiger partial charge in [0.2, 0.25) is 11.8 Å². The Morgan fingerprint density at radius 2 is 1.56 bits per heavy atom. The number of carbonyl (C=O) groups is 3. The van der Waals surface area contributed by atoms with Crippen molar-refractivity contribution in [1.82, 2.24) is 20.1 Å². The van der Waals surface area contributed by atoms with Crippen LogP contribution in [0.4, 0.5) is 10.1 Å². The Morgan fingerprint density at radius 3 is 2.24 bits per heavy atom. The number of hydrazine groups is 1. The molecule has 2 aromatic rings. The molecule has 3 atom stereocenters. The van der Waals surface area contributed by atoms with Gasteiger partial charge in [0.15, 0.2) is 0 Å². The van der Waals surface area contributed by atoms with Crippen molar-refractivity contribution in [2.45, 2.75) is 6.04 Å². The van der Waals surface area contributed by atoms with Crippen molar-refractivity contribution in [3.05, 3.63) is 66.0 Å². The molecule has 0 bridgehead atoms. The third-order valence-corrected chi connectivity index (χ3v) is 7.00. The highest BCUT2D eigenvalue weighted by Crippen LogP contribution is 2.32. The minimum atomic E-state index is -0.382. The van der Waals surface area contributed by atoms with Gasteiger partial charge in [-0.1, -0.05) is 18.2 Å². The van der Waals surface area contributed by atoms with Crippen LogP contribution in [0.25, 0.3) is 0 Å². The van der Waals surface area contributed by atoms with E-state index in [4.69, 9.17) is 0 Å². The van der Waals surface area contributed by atoms with Crippen molar-refractivity contribution in [2.75, 3.05) is 51.3 Å². The minimum Gasteiger partial charge on any atom is -0.339 e. The van der Waals surface area contributed by atoms with E-state index in [0.717, 1.165) is 5.69 Å². The number of carbonyl (C=O) groups excluding carboxylic acids is 3. The van der Waals surface area contributed by atoms with Gasteiger partial charge in [0, 0.05) is 44.8 Å². The summed E-state index contributed by atoms with van der Waals surface area (Å²) >= 11 is 0.